The first kappa shape index (κ1) is 10.4. The van der Waals surface area contributed by atoms with Crippen molar-refractivity contribution in [2.75, 3.05) is 13.1 Å². The van der Waals surface area contributed by atoms with E-state index in [4.69, 9.17) is 0 Å². The smallest absolute Gasteiger partial charge is 0.000812 e. The van der Waals surface area contributed by atoms with Crippen LogP contribution in [0.4, 0.5) is 0 Å². The van der Waals surface area contributed by atoms with Crippen molar-refractivity contribution in [3.05, 3.63) is 41.5 Å². The van der Waals surface area contributed by atoms with Crippen LogP contribution in [0.5, 0.6) is 0 Å². The molecule has 0 bridgehead atoms. The number of rotatable bonds is 2. The van der Waals surface area contributed by atoms with Gasteiger partial charge in [-0.2, -0.15) is 0 Å². The van der Waals surface area contributed by atoms with Crippen LogP contribution in [0.1, 0.15) is 30.9 Å². The van der Waals surface area contributed by atoms with Gasteiger partial charge in [-0.25, -0.2) is 0 Å². The Hall–Kier alpha value is -1.08. The van der Waals surface area contributed by atoms with Gasteiger partial charge in [0.1, 0.15) is 0 Å². The highest BCUT2D eigenvalue weighted by molar-refractivity contribution is 5.66. The van der Waals surface area contributed by atoms with Crippen molar-refractivity contribution in [3.8, 4) is 0 Å². The van der Waals surface area contributed by atoms with Crippen molar-refractivity contribution in [3.63, 3.8) is 0 Å². The van der Waals surface area contributed by atoms with Crippen molar-refractivity contribution < 1.29 is 0 Å². The lowest BCUT2D eigenvalue weighted by molar-refractivity contribution is 0.718. The van der Waals surface area contributed by atoms with Crippen molar-refractivity contribution in [2.24, 2.45) is 0 Å². The molecular formula is C14H19N. The third-order valence-corrected chi connectivity index (χ3v) is 3.02. The molecular weight excluding hydrogens is 182 g/mol. The summed E-state index contributed by atoms with van der Waals surface area (Å²) in [6, 6.07) is 9.01. The minimum atomic E-state index is 1.11. The number of hydrogen-bond donors (Lipinski definition) is 1. The predicted octanol–water partition coefficient (Wildman–Crippen LogP) is 3.02. The van der Waals surface area contributed by atoms with Gasteiger partial charge >= 0.3 is 0 Å². The summed E-state index contributed by atoms with van der Waals surface area (Å²) in [6.45, 7) is 4.43. The first-order valence-electron chi connectivity index (χ1n) is 5.89. The molecule has 1 aliphatic rings. The molecule has 1 aromatic carbocycles. The first-order chi connectivity index (χ1) is 7.40. The van der Waals surface area contributed by atoms with E-state index in [9.17, 15) is 0 Å². The molecule has 2 rings (SSSR count). The lowest BCUT2D eigenvalue weighted by Gasteiger charge is -2.06. The Morgan fingerprint density at radius 3 is 2.67 bits per heavy atom. The van der Waals surface area contributed by atoms with Crippen LogP contribution in [0.2, 0.25) is 0 Å². The van der Waals surface area contributed by atoms with Crippen LogP contribution in [0.3, 0.4) is 0 Å². The van der Waals surface area contributed by atoms with Gasteiger partial charge < -0.3 is 5.32 Å². The minimum absolute atomic E-state index is 1.11. The van der Waals surface area contributed by atoms with Crippen molar-refractivity contribution in [2.45, 2.75) is 26.2 Å². The fourth-order valence-corrected chi connectivity index (χ4v) is 2.02. The largest absolute Gasteiger partial charge is 0.316 e. The van der Waals surface area contributed by atoms with Gasteiger partial charge in [0, 0.05) is 0 Å². The quantitative estimate of drug-likeness (QED) is 0.775. The number of hydrogen-bond acceptors (Lipinski definition) is 1. The van der Waals surface area contributed by atoms with Crippen LogP contribution in [-0.2, 0) is 6.42 Å². The molecule has 1 aliphatic heterocycles. The lowest BCUT2D eigenvalue weighted by atomic mass is 10.0. The van der Waals surface area contributed by atoms with Crippen LogP contribution in [0.15, 0.2) is 30.3 Å². The van der Waals surface area contributed by atoms with Gasteiger partial charge in [-0.3, -0.25) is 0 Å². The molecule has 0 unspecified atom stereocenters. The average molecular weight is 201 g/mol. The van der Waals surface area contributed by atoms with Gasteiger partial charge in [0.05, 0.1) is 0 Å². The molecule has 0 aromatic heterocycles. The molecule has 1 N–H and O–H groups in total. The summed E-state index contributed by atoms with van der Waals surface area (Å²) in [5.41, 5.74) is 4.32. The third-order valence-electron chi connectivity index (χ3n) is 3.02. The second kappa shape index (κ2) is 5.13. The van der Waals surface area contributed by atoms with E-state index in [2.05, 4.69) is 42.6 Å². The van der Waals surface area contributed by atoms with E-state index in [1.165, 1.54) is 16.7 Å². The van der Waals surface area contributed by atoms with Gasteiger partial charge in [-0.1, -0.05) is 37.3 Å². The van der Waals surface area contributed by atoms with Crippen LogP contribution in [0.25, 0.3) is 5.57 Å². The zero-order chi connectivity index (χ0) is 10.5. The molecule has 0 radical (unpaired) electrons. The molecule has 1 nitrogen and oxygen atoms in total. The molecule has 1 aromatic rings. The van der Waals surface area contributed by atoms with Crippen LogP contribution < -0.4 is 5.32 Å². The Kier molecular flexibility index (Phi) is 3.57. The van der Waals surface area contributed by atoms with E-state index in [1.807, 2.05) is 0 Å². The summed E-state index contributed by atoms with van der Waals surface area (Å²) >= 11 is 0. The van der Waals surface area contributed by atoms with Crippen molar-refractivity contribution in [1.82, 2.24) is 5.32 Å². The molecule has 1 heterocycles. The topological polar surface area (TPSA) is 12.0 Å². The SMILES string of the molecule is CCc1ccc(C2=CCCNCC2)cc1. The van der Waals surface area contributed by atoms with Gasteiger partial charge in [0.2, 0.25) is 0 Å². The van der Waals surface area contributed by atoms with Gasteiger partial charge in [0.15, 0.2) is 0 Å². The molecule has 0 saturated heterocycles. The van der Waals surface area contributed by atoms with Crippen LogP contribution in [-0.4, -0.2) is 13.1 Å². The zero-order valence-electron chi connectivity index (χ0n) is 9.42. The minimum Gasteiger partial charge on any atom is -0.316 e. The number of benzene rings is 1. The standard InChI is InChI=1S/C14H19N/c1-2-12-5-7-14(8-6-12)13-4-3-10-15-11-9-13/h4-8,15H,2-3,9-11H2,1H3. The Labute approximate surface area is 92.2 Å². The molecule has 1 heteroatoms. The Bertz CT molecular complexity index is 335. The highest BCUT2D eigenvalue weighted by Gasteiger charge is 2.04. The van der Waals surface area contributed by atoms with E-state index in [-0.39, 0.29) is 0 Å². The van der Waals surface area contributed by atoms with E-state index in [0.29, 0.717) is 0 Å². The molecule has 0 amide bonds. The predicted molar refractivity (Wildman–Crippen MR) is 65.9 cm³/mol. The normalized spacial score (nSPS) is 17.0. The number of nitrogens with one attached hydrogen (secondary N) is 1. The van der Waals surface area contributed by atoms with E-state index < -0.39 is 0 Å². The Balaban J connectivity index is 2.16. The summed E-state index contributed by atoms with van der Waals surface area (Å²) in [4.78, 5) is 0. The zero-order valence-corrected chi connectivity index (χ0v) is 9.42. The maximum Gasteiger partial charge on any atom is -0.000812 e. The molecule has 0 aliphatic carbocycles. The monoisotopic (exact) mass is 201 g/mol. The fourth-order valence-electron chi connectivity index (χ4n) is 2.02. The third kappa shape index (κ3) is 2.69. The summed E-state index contributed by atoms with van der Waals surface area (Å²) in [7, 11) is 0. The van der Waals surface area contributed by atoms with E-state index in [0.717, 1.165) is 32.4 Å². The van der Waals surface area contributed by atoms with Crippen molar-refractivity contribution in [1.29, 1.82) is 0 Å². The van der Waals surface area contributed by atoms with Crippen molar-refractivity contribution >= 4 is 5.57 Å². The highest BCUT2D eigenvalue weighted by atomic mass is 14.8. The maximum absolute atomic E-state index is 3.42. The second-order valence-corrected chi connectivity index (χ2v) is 4.07. The lowest BCUT2D eigenvalue weighted by Crippen LogP contribution is -2.13. The van der Waals surface area contributed by atoms with E-state index in [1.54, 1.807) is 0 Å². The summed E-state index contributed by atoms with van der Waals surface area (Å²) in [5, 5.41) is 3.42. The van der Waals surface area contributed by atoms with Crippen LogP contribution in [0, 0.1) is 0 Å². The van der Waals surface area contributed by atoms with Gasteiger partial charge in [0.25, 0.3) is 0 Å². The second-order valence-electron chi connectivity index (χ2n) is 4.07. The highest BCUT2D eigenvalue weighted by Crippen LogP contribution is 2.20. The van der Waals surface area contributed by atoms with Crippen LogP contribution >= 0.6 is 0 Å². The first-order valence-corrected chi connectivity index (χ1v) is 5.89. The average Bonchev–Trinajstić information content (AvgIpc) is 2.58. The Morgan fingerprint density at radius 1 is 1.13 bits per heavy atom. The van der Waals surface area contributed by atoms with Gasteiger partial charge in [-0.15, -0.1) is 0 Å². The molecule has 0 fully saturated rings. The maximum atomic E-state index is 3.42. The molecule has 15 heavy (non-hydrogen) atoms. The molecule has 80 valence electrons. The fraction of sp³-hybridized carbons (Fsp3) is 0.429. The number of aryl methyl sites for hydroxylation is 1. The summed E-state index contributed by atoms with van der Waals surface area (Å²) < 4.78 is 0. The van der Waals surface area contributed by atoms with Gasteiger partial charge in [-0.05, 0) is 49.1 Å². The van der Waals surface area contributed by atoms with E-state index >= 15 is 0 Å². The summed E-state index contributed by atoms with van der Waals surface area (Å²) in [5.74, 6) is 0. The molecule has 0 spiro atoms. The molecule has 0 saturated carbocycles. The summed E-state index contributed by atoms with van der Waals surface area (Å²) in [6.07, 6.45) is 5.82. The molecule has 0 atom stereocenters. The Morgan fingerprint density at radius 2 is 1.93 bits per heavy atom.